The van der Waals surface area contributed by atoms with Crippen molar-refractivity contribution in [2.45, 2.75) is 25.3 Å². The maximum absolute atomic E-state index is 14.0. The van der Waals surface area contributed by atoms with Crippen molar-refractivity contribution < 1.29 is 9.59 Å². The van der Waals surface area contributed by atoms with E-state index in [1.54, 1.807) is 16.7 Å². The molecule has 5 nitrogen and oxygen atoms in total. The predicted octanol–water partition coefficient (Wildman–Crippen LogP) is 5.28. The van der Waals surface area contributed by atoms with Gasteiger partial charge in [0.25, 0.3) is 5.91 Å². The first-order chi connectivity index (χ1) is 15.5. The zero-order valence-corrected chi connectivity index (χ0v) is 19.0. The zero-order chi connectivity index (χ0) is 22.3. The highest BCUT2D eigenvalue weighted by molar-refractivity contribution is 8.01. The van der Waals surface area contributed by atoms with E-state index < -0.39 is 4.87 Å². The second-order valence-corrected chi connectivity index (χ2v) is 9.63. The molecule has 2 aliphatic heterocycles. The standard InChI is InChI=1S/C26H25N3O2S/c1-18-10-12-21(13-11-18)27-25(31)29-14-15-32-26(29)22-8-3-4-9-23(22)28(24(26)30)17-20-7-5-6-19(2)16-20/h3-13,16H,14-15,17H2,1-2H3,(H,27,31)/t26-/m1/s1. The van der Waals surface area contributed by atoms with E-state index in [0.717, 1.165) is 33.6 Å². The first-order valence-electron chi connectivity index (χ1n) is 10.8. The molecular weight excluding hydrogens is 418 g/mol. The van der Waals surface area contributed by atoms with Gasteiger partial charge in [0.15, 0.2) is 4.87 Å². The van der Waals surface area contributed by atoms with Crippen LogP contribution >= 0.6 is 11.8 Å². The molecule has 0 aromatic heterocycles. The number of amides is 3. The molecule has 0 saturated carbocycles. The van der Waals surface area contributed by atoms with Gasteiger partial charge in [-0.3, -0.25) is 9.69 Å². The summed E-state index contributed by atoms with van der Waals surface area (Å²) in [7, 11) is 0. The Morgan fingerprint density at radius 3 is 2.56 bits per heavy atom. The lowest BCUT2D eigenvalue weighted by molar-refractivity contribution is -0.123. The molecule has 1 fully saturated rings. The average Bonchev–Trinajstić information content (AvgIpc) is 3.33. The number of carbonyl (C=O) groups is 2. The lowest BCUT2D eigenvalue weighted by Gasteiger charge is -2.33. The smallest absolute Gasteiger partial charge is 0.308 e. The summed E-state index contributed by atoms with van der Waals surface area (Å²) in [5.41, 5.74) is 5.85. The van der Waals surface area contributed by atoms with Crippen LogP contribution in [0.1, 0.15) is 22.3 Å². The lowest BCUT2D eigenvalue weighted by atomic mass is 10.1. The van der Waals surface area contributed by atoms with E-state index in [1.165, 1.54) is 0 Å². The minimum absolute atomic E-state index is 0.0539. The van der Waals surface area contributed by atoms with Gasteiger partial charge >= 0.3 is 6.03 Å². The number of thioether (sulfide) groups is 1. The number of nitrogens with zero attached hydrogens (tertiary/aromatic N) is 2. The molecule has 0 aliphatic carbocycles. The molecule has 1 atom stereocenters. The van der Waals surface area contributed by atoms with Gasteiger partial charge in [0.05, 0.1) is 12.2 Å². The van der Waals surface area contributed by atoms with E-state index in [-0.39, 0.29) is 11.9 Å². The lowest BCUT2D eigenvalue weighted by Crippen LogP contribution is -2.51. The number of hydrogen-bond donors (Lipinski definition) is 1. The van der Waals surface area contributed by atoms with Crippen molar-refractivity contribution in [1.82, 2.24) is 4.90 Å². The predicted molar refractivity (Wildman–Crippen MR) is 130 cm³/mol. The molecule has 162 valence electrons. The fraction of sp³-hybridized carbons (Fsp3) is 0.231. The minimum Gasteiger partial charge on any atom is -0.308 e. The number of benzene rings is 3. The summed E-state index contributed by atoms with van der Waals surface area (Å²) in [5.74, 6) is 0.654. The Bertz CT molecular complexity index is 1190. The number of hydrogen-bond acceptors (Lipinski definition) is 3. The fourth-order valence-corrected chi connectivity index (χ4v) is 6.01. The molecular formula is C26H25N3O2S. The second-order valence-electron chi connectivity index (χ2n) is 8.34. The van der Waals surface area contributed by atoms with Gasteiger partial charge in [-0.15, -0.1) is 11.8 Å². The molecule has 3 aromatic rings. The zero-order valence-electron chi connectivity index (χ0n) is 18.2. The maximum Gasteiger partial charge on any atom is 0.323 e. The second kappa shape index (κ2) is 8.02. The van der Waals surface area contributed by atoms with E-state index >= 15 is 0 Å². The van der Waals surface area contributed by atoms with Crippen LogP contribution in [0.2, 0.25) is 0 Å². The monoisotopic (exact) mass is 443 g/mol. The quantitative estimate of drug-likeness (QED) is 0.599. The minimum atomic E-state index is -1.03. The van der Waals surface area contributed by atoms with Gasteiger partial charge in [-0.1, -0.05) is 65.7 Å². The maximum atomic E-state index is 14.0. The number of urea groups is 1. The molecule has 32 heavy (non-hydrogen) atoms. The molecule has 0 bridgehead atoms. The summed E-state index contributed by atoms with van der Waals surface area (Å²) in [6, 6.07) is 23.5. The van der Waals surface area contributed by atoms with Gasteiger partial charge in [-0.2, -0.15) is 0 Å². The van der Waals surface area contributed by atoms with Crippen molar-refractivity contribution in [2.75, 3.05) is 22.5 Å². The molecule has 6 heteroatoms. The summed E-state index contributed by atoms with van der Waals surface area (Å²) in [6.45, 7) is 5.05. The van der Waals surface area contributed by atoms with E-state index in [2.05, 4.69) is 24.4 Å². The van der Waals surface area contributed by atoms with Crippen molar-refractivity contribution in [2.24, 2.45) is 0 Å². The van der Waals surface area contributed by atoms with Crippen LogP contribution in [-0.4, -0.2) is 29.1 Å². The number of fused-ring (bicyclic) bond motifs is 2. The van der Waals surface area contributed by atoms with Gasteiger partial charge < -0.3 is 10.2 Å². The molecule has 5 rings (SSSR count). The molecule has 0 unspecified atom stereocenters. The van der Waals surface area contributed by atoms with Crippen molar-refractivity contribution in [3.8, 4) is 0 Å². The van der Waals surface area contributed by atoms with Crippen molar-refractivity contribution >= 4 is 35.1 Å². The van der Waals surface area contributed by atoms with Gasteiger partial charge in [0.2, 0.25) is 0 Å². The largest absolute Gasteiger partial charge is 0.323 e. The van der Waals surface area contributed by atoms with Crippen LogP contribution in [-0.2, 0) is 16.2 Å². The Kier molecular flexibility index (Phi) is 5.18. The van der Waals surface area contributed by atoms with Crippen LogP contribution in [0.3, 0.4) is 0 Å². The normalized spacial score (nSPS) is 19.5. The van der Waals surface area contributed by atoms with Gasteiger partial charge in [-0.25, -0.2) is 4.79 Å². The number of anilines is 2. The van der Waals surface area contributed by atoms with Gasteiger partial charge in [-0.05, 0) is 37.6 Å². The van der Waals surface area contributed by atoms with E-state index in [4.69, 9.17) is 0 Å². The molecule has 2 aliphatic rings. The molecule has 1 N–H and O–H groups in total. The molecule has 2 heterocycles. The molecule has 1 saturated heterocycles. The summed E-state index contributed by atoms with van der Waals surface area (Å²) in [6.07, 6.45) is 0. The fourth-order valence-electron chi connectivity index (χ4n) is 4.55. The first-order valence-corrected chi connectivity index (χ1v) is 11.7. The summed E-state index contributed by atoms with van der Waals surface area (Å²) >= 11 is 1.54. The Morgan fingerprint density at radius 1 is 1.00 bits per heavy atom. The van der Waals surface area contributed by atoms with Crippen LogP contribution in [0.15, 0.2) is 72.8 Å². The highest BCUT2D eigenvalue weighted by Crippen LogP contribution is 2.54. The summed E-state index contributed by atoms with van der Waals surface area (Å²) in [4.78, 5) is 29.8. The SMILES string of the molecule is Cc1ccc(NC(=O)N2CCS[C@]23C(=O)N(Cc2cccc(C)c2)c2ccccc23)cc1. The molecule has 3 amide bonds. The molecule has 0 radical (unpaired) electrons. The topological polar surface area (TPSA) is 52.7 Å². The van der Waals surface area contributed by atoms with Crippen LogP contribution in [0.25, 0.3) is 0 Å². The Labute approximate surface area is 192 Å². The Balaban J connectivity index is 1.50. The highest BCUT2D eigenvalue weighted by atomic mass is 32.2. The number of para-hydroxylation sites is 1. The number of nitrogens with one attached hydrogen (secondary N) is 1. The Morgan fingerprint density at radius 2 is 1.78 bits per heavy atom. The third kappa shape index (κ3) is 3.35. The van der Waals surface area contributed by atoms with E-state index in [9.17, 15) is 9.59 Å². The summed E-state index contributed by atoms with van der Waals surface area (Å²) < 4.78 is 0. The van der Waals surface area contributed by atoms with Crippen molar-refractivity contribution in [3.05, 3.63) is 95.1 Å². The highest BCUT2D eigenvalue weighted by Gasteiger charge is 2.59. The van der Waals surface area contributed by atoms with Crippen LogP contribution in [0, 0.1) is 13.8 Å². The summed E-state index contributed by atoms with van der Waals surface area (Å²) in [5, 5.41) is 2.99. The average molecular weight is 444 g/mol. The van der Waals surface area contributed by atoms with Crippen molar-refractivity contribution in [3.63, 3.8) is 0 Å². The van der Waals surface area contributed by atoms with Gasteiger partial charge in [0, 0.05) is 23.5 Å². The third-order valence-corrected chi connectivity index (χ3v) is 7.49. The van der Waals surface area contributed by atoms with Crippen LogP contribution < -0.4 is 10.2 Å². The van der Waals surface area contributed by atoms with Crippen LogP contribution in [0.4, 0.5) is 16.2 Å². The first kappa shape index (κ1) is 20.6. The van der Waals surface area contributed by atoms with Gasteiger partial charge in [0.1, 0.15) is 0 Å². The molecule has 1 spiro atoms. The number of aryl methyl sites for hydroxylation is 2. The molecule has 3 aromatic carbocycles. The number of carbonyl (C=O) groups excluding carboxylic acids is 2. The number of rotatable bonds is 3. The van der Waals surface area contributed by atoms with Crippen LogP contribution in [0.5, 0.6) is 0 Å². The van der Waals surface area contributed by atoms with E-state index in [1.807, 2.05) is 72.5 Å². The Hall–Kier alpha value is -3.25. The van der Waals surface area contributed by atoms with Crippen molar-refractivity contribution in [1.29, 1.82) is 0 Å². The van der Waals surface area contributed by atoms with E-state index in [0.29, 0.717) is 18.8 Å². The third-order valence-electron chi connectivity index (χ3n) is 6.07.